The van der Waals surface area contributed by atoms with Gasteiger partial charge in [-0.05, 0) is 37.1 Å². The number of anilines is 2. The van der Waals surface area contributed by atoms with Crippen LogP contribution in [0.25, 0.3) is 0 Å². The van der Waals surface area contributed by atoms with Gasteiger partial charge in [-0.25, -0.2) is 8.42 Å². The molecule has 6 heteroatoms. The molecule has 0 radical (unpaired) electrons. The van der Waals surface area contributed by atoms with Crippen molar-refractivity contribution < 1.29 is 13.2 Å². The van der Waals surface area contributed by atoms with Crippen molar-refractivity contribution >= 4 is 21.4 Å². The number of hydrogen-bond acceptors (Lipinski definition) is 4. The molecule has 1 aromatic rings. The first-order chi connectivity index (χ1) is 8.61. The van der Waals surface area contributed by atoms with Crippen LogP contribution in [0.5, 0.6) is 0 Å². The van der Waals surface area contributed by atoms with Crippen LogP contribution in [-0.4, -0.2) is 33.9 Å². The van der Waals surface area contributed by atoms with Crippen molar-refractivity contribution in [3.8, 4) is 0 Å². The topological polar surface area (TPSA) is 67.4 Å². The summed E-state index contributed by atoms with van der Waals surface area (Å²) in [5.74, 6) is -0.0177. The van der Waals surface area contributed by atoms with E-state index in [1.54, 1.807) is 6.07 Å². The monoisotopic (exact) mass is 270 g/mol. The average Bonchev–Trinajstić information content (AvgIpc) is 2.75. The van der Waals surface area contributed by atoms with Crippen molar-refractivity contribution in [1.82, 2.24) is 0 Å². The summed E-state index contributed by atoms with van der Waals surface area (Å²) in [6, 6.07) is 5.56. The van der Waals surface area contributed by atoms with Gasteiger partial charge in [-0.3, -0.25) is 4.72 Å². The quantitative estimate of drug-likeness (QED) is 0.767. The Labute approximate surface area is 108 Å². The summed E-state index contributed by atoms with van der Waals surface area (Å²) < 4.78 is 31.2. The lowest BCUT2D eigenvalue weighted by Crippen LogP contribution is -2.20. The lowest BCUT2D eigenvalue weighted by molar-refractivity contribution is 0.163. The Hall–Kier alpha value is -1.27. The van der Waals surface area contributed by atoms with Crippen LogP contribution in [0.1, 0.15) is 12.5 Å². The van der Waals surface area contributed by atoms with Crippen LogP contribution in [0.15, 0.2) is 18.2 Å². The first-order valence-electron chi connectivity index (χ1n) is 6.06. The zero-order valence-corrected chi connectivity index (χ0v) is 11.2. The summed E-state index contributed by atoms with van der Waals surface area (Å²) in [7, 11) is -3.32. The van der Waals surface area contributed by atoms with E-state index >= 15 is 0 Å². The number of nitrogens with one attached hydrogen (secondary N) is 2. The average molecular weight is 270 g/mol. The molecule has 0 unspecified atom stereocenters. The molecule has 1 aliphatic heterocycles. The third-order valence-corrected chi connectivity index (χ3v) is 4.04. The molecule has 2 N–H and O–H groups in total. The van der Waals surface area contributed by atoms with Gasteiger partial charge in [0.2, 0.25) is 10.0 Å². The second-order valence-corrected chi connectivity index (χ2v) is 6.01. The van der Waals surface area contributed by atoms with Crippen LogP contribution in [0.2, 0.25) is 0 Å². The highest BCUT2D eigenvalue weighted by molar-refractivity contribution is 7.92. The highest BCUT2D eigenvalue weighted by atomic mass is 32.2. The summed E-state index contributed by atoms with van der Waals surface area (Å²) in [6.45, 7) is 3.50. The molecular formula is C12H18N2O3S. The highest BCUT2D eigenvalue weighted by Crippen LogP contribution is 2.25. The summed E-state index contributed by atoms with van der Waals surface area (Å²) >= 11 is 0. The zero-order valence-electron chi connectivity index (χ0n) is 10.4. The van der Waals surface area contributed by atoms with E-state index in [9.17, 15) is 8.42 Å². The lowest BCUT2D eigenvalue weighted by Gasteiger charge is -2.09. The molecular weight excluding hydrogens is 252 g/mol. The van der Waals surface area contributed by atoms with E-state index < -0.39 is 10.0 Å². The summed E-state index contributed by atoms with van der Waals surface area (Å²) in [6.07, 6.45) is 0.934. The Morgan fingerprint density at radius 3 is 3.06 bits per heavy atom. The third-order valence-electron chi connectivity index (χ3n) is 2.79. The number of rotatable bonds is 6. The van der Waals surface area contributed by atoms with Crippen LogP contribution >= 0.6 is 0 Å². The Balaban J connectivity index is 2.00. The SMILES string of the molecule is CCOCCS(=O)(=O)Nc1ccc2c(c1)CCN2. The van der Waals surface area contributed by atoms with E-state index in [0.717, 1.165) is 24.2 Å². The molecule has 1 heterocycles. The molecule has 0 spiro atoms. The molecule has 1 aromatic carbocycles. The van der Waals surface area contributed by atoms with E-state index in [2.05, 4.69) is 10.0 Å². The number of benzene rings is 1. The fourth-order valence-corrected chi connectivity index (χ4v) is 2.84. The number of sulfonamides is 1. The minimum Gasteiger partial charge on any atom is -0.384 e. The largest absolute Gasteiger partial charge is 0.384 e. The molecule has 0 aromatic heterocycles. The standard InChI is InChI=1S/C12H18N2O3S/c1-2-17-7-8-18(15,16)14-11-3-4-12-10(9-11)5-6-13-12/h3-4,9,13-14H,2,5-8H2,1H3. The van der Waals surface area contributed by atoms with Gasteiger partial charge in [-0.2, -0.15) is 0 Å². The number of ether oxygens (including phenoxy) is 1. The molecule has 5 nitrogen and oxygen atoms in total. The van der Waals surface area contributed by atoms with Crippen molar-refractivity contribution in [1.29, 1.82) is 0 Å². The van der Waals surface area contributed by atoms with Gasteiger partial charge < -0.3 is 10.1 Å². The first-order valence-corrected chi connectivity index (χ1v) is 7.71. The third kappa shape index (κ3) is 3.36. The molecule has 0 aliphatic carbocycles. The highest BCUT2D eigenvalue weighted by Gasteiger charge is 2.14. The Kier molecular flexibility index (Phi) is 4.08. The van der Waals surface area contributed by atoms with E-state index in [4.69, 9.17) is 4.74 Å². The van der Waals surface area contributed by atoms with E-state index in [1.165, 1.54) is 0 Å². The summed E-state index contributed by atoms with van der Waals surface area (Å²) in [5, 5.41) is 3.23. The second-order valence-electron chi connectivity index (χ2n) is 4.17. The maximum atomic E-state index is 11.8. The minimum absolute atomic E-state index is 0.0177. The molecule has 18 heavy (non-hydrogen) atoms. The van der Waals surface area contributed by atoms with Gasteiger partial charge in [0.05, 0.1) is 12.4 Å². The molecule has 0 atom stereocenters. The summed E-state index contributed by atoms with van der Waals surface area (Å²) in [5.41, 5.74) is 2.86. The Morgan fingerprint density at radius 2 is 2.28 bits per heavy atom. The first kappa shape index (κ1) is 13.2. The smallest absolute Gasteiger partial charge is 0.234 e. The van der Waals surface area contributed by atoms with Crippen molar-refractivity contribution in [2.24, 2.45) is 0 Å². The van der Waals surface area contributed by atoms with Gasteiger partial charge in [-0.1, -0.05) is 0 Å². The van der Waals surface area contributed by atoms with Crippen LogP contribution in [0, 0.1) is 0 Å². The molecule has 0 fully saturated rings. The minimum atomic E-state index is -3.32. The molecule has 0 bridgehead atoms. The fourth-order valence-electron chi connectivity index (χ4n) is 1.91. The van der Waals surface area contributed by atoms with Crippen LogP contribution in [0.4, 0.5) is 11.4 Å². The van der Waals surface area contributed by atoms with E-state index in [0.29, 0.717) is 12.3 Å². The predicted octanol–water partition coefficient (Wildman–Crippen LogP) is 1.43. The van der Waals surface area contributed by atoms with Gasteiger partial charge in [0.25, 0.3) is 0 Å². The van der Waals surface area contributed by atoms with Gasteiger partial charge in [0.1, 0.15) is 0 Å². The number of hydrogen-bond donors (Lipinski definition) is 2. The molecule has 0 amide bonds. The fraction of sp³-hybridized carbons (Fsp3) is 0.500. The number of fused-ring (bicyclic) bond motifs is 1. The van der Waals surface area contributed by atoms with Gasteiger partial charge in [-0.15, -0.1) is 0 Å². The summed E-state index contributed by atoms with van der Waals surface area (Å²) in [4.78, 5) is 0. The Bertz CT molecular complexity index is 514. The van der Waals surface area contributed by atoms with Crippen LogP contribution < -0.4 is 10.0 Å². The van der Waals surface area contributed by atoms with Gasteiger partial charge >= 0.3 is 0 Å². The lowest BCUT2D eigenvalue weighted by atomic mass is 10.1. The van der Waals surface area contributed by atoms with Crippen molar-refractivity contribution in [3.05, 3.63) is 23.8 Å². The van der Waals surface area contributed by atoms with Crippen molar-refractivity contribution in [3.63, 3.8) is 0 Å². The molecule has 2 rings (SSSR count). The van der Waals surface area contributed by atoms with Gasteiger partial charge in [0, 0.05) is 24.5 Å². The molecule has 0 saturated carbocycles. The van der Waals surface area contributed by atoms with Crippen LogP contribution in [-0.2, 0) is 21.2 Å². The van der Waals surface area contributed by atoms with Gasteiger partial charge in [0.15, 0.2) is 0 Å². The maximum Gasteiger partial charge on any atom is 0.234 e. The van der Waals surface area contributed by atoms with E-state index in [-0.39, 0.29) is 12.4 Å². The Morgan fingerprint density at radius 1 is 1.44 bits per heavy atom. The predicted molar refractivity (Wildman–Crippen MR) is 72.5 cm³/mol. The van der Waals surface area contributed by atoms with Crippen molar-refractivity contribution in [2.45, 2.75) is 13.3 Å². The van der Waals surface area contributed by atoms with Crippen molar-refractivity contribution in [2.75, 3.05) is 35.6 Å². The normalized spacial score (nSPS) is 14.1. The molecule has 100 valence electrons. The second kappa shape index (κ2) is 5.58. The van der Waals surface area contributed by atoms with Crippen LogP contribution in [0.3, 0.4) is 0 Å². The maximum absolute atomic E-state index is 11.8. The van der Waals surface area contributed by atoms with E-state index in [1.807, 2.05) is 19.1 Å². The zero-order chi connectivity index (χ0) is 13.0. The molecule has 1 aliphatic rings. The molecule has 0 saturated heterocycles.